The van der Waals surface area contributed by atoms with Crippen LogP contribution in [0, 0.1) is 0 Å². The molecule has 0 aliphatic carbocycles. The van der Waals surface area contributed by atoms with Gasteiger partial charge >= 0.3 is 0 Å². The number of pyridine rings is 1. The highest BCUT2D eigenvalue weighted by Gasteiger charge is 2.04. The van der Waals surface area contributed by atoms with E-state index >= 15 is 0 Å². The van der Waals surface area contributed by atoms with E-state index in [1.54, 1.807) is 30.4 Å². The second kappa shape index (κ2) is 4.66. The van der Waals surface area contributed by atoms with Crippen LogP contribution >= 0.6 is 11.8 Å². The van der Waals surface area contributed by atoms with E-state index in [9.17, 15) is 0 Å². The number of thioether (sulfide) groups is 1. The number of anilines is 1. The van der Waals surface area contributed by atoms with Crippen LogP contribution < -0.4 is 5.73 Å². The lowest BCUT2D eigenvalue weighted by Gasteiger charge is -2.01. The number of nitrogen functional groups attached to an aromatic ring is 1. The Morgan fingerprint density at radius 3 is 3.11 bits per heavy atom. The molecule has 90 valence electrons. The van der Waals surface area contributed by atoms with E-state index in [0.29, 0.717) is 5.69 Å². The van der Waals surface area contributed by atoms with Crippen molar-refractivity contribution < 1.29 is 0 Å². The third-order valence-corrected chi connectivity index (χ3v) is 3.59. The molecule has 0 unspecified atom stereocenters. The van der Waals surface area contributed by atoms with Crippen molar-refractivity contribution in [2.24, 2.45) is 0 Å². The van der Waals surface area contributed by atoms with Gasteiger partial charge in [0.25, 0.3) is 0 Å². The van der Waals surface area contributed by atoms with Gasteiger partial charge < -0.3 is 5.73 Å². The van der Waals surface area contributed by atoms with Gasteiger partial charge in [0, 0.05) is 35.4 Å². The molecule has 0 aromatic carbocycles. The van der Waals surface area contributed by atoms with Crippen molar-refractivity contribution >= 4 is 23.2 Å². The van der Waals surface area contributed by atoms with Crippen LogP contribution in [0.15, 0.2) is 48.0 Å². The summed E-state index contributed by atoms with van der Waals surface area (Å²) in [6, 6.07) is 3.79. The molecule has 3 rings (SSSR count). The number of imidazole rings is 1. The first-order chi connectivity index (χ1) is 8.83. The number of fused-ring (bicyclic) bond motifs is 1. The van der Waals surface area contributed by atoms with Crippen molar-refractivity contribution in [2.45, 2.75) is 10.6 Å². The molecule has 18 heavy (non-hydrogen) atoms. The Hall–Kier alpha value is -2.08. The third kappa shape index (κ3) is 2.14. The number of aromatic nitrogens is 4. The summed E-state index contributed by atoms with van der Waals surface area (Å²) in [6.07, 6.45) is 9.05. The molecule has 0 saturated carbocycles. The van der Waals surface area contributed by atoms with Gasteiger partial charge in [0.05, 0.1) is 17.6 Å². The highest BCUT2D eigenvalue weighted by molar-refractivity contribution is 7.98. The van der Waals surface area contributed by atoms with Crippen LogP contribution in [0.3, 0.4) is 0 Å². The molecule has 6 heteroatoms. The Bertz CT molecular complexity index is 646. The van der Waals surface area contributed by atoms with Gasteiger partial charge in [-0.1, -0.05) is 0 Å². The minimum absolute atomic E-state index is 0.699. The van der Waals surface area contributed by atoms with Crippen LogP contribution in [-0.2, 0) is 5.75 Å². The number of hydrogen-bond acceptors (Lipinski definition) is 5. The summed E-state index contributed by atoms with van der Waals surface area (Å²) in [4.78, 5) is 13.6. The molecule has 0 aliphatic rings. The first-order valence-corrected chi connectivity index (χ1v) is 6.42. The zero-order valence-electron chi connectivity index (χ0n) is 9.52. The molecule has 0 aliphatic heterocycles. The predicted octanol–water partition coefficient (Wildman–Crippen LogP) is 2.00. The SMILES string of the molecule is Nc1cnccc1SCc1cn2cccnc2n1. The molecular formula is C12H11N5S. The Morgan fingerprint density at radius 1 is 1.33 bits per heavy atom. The monoisotopic (exact) mass is 257 g/mol. The second-order valence-corrected chi connectivity index (χ2v) is 4.78. The van der Waals surface area contributed by atoms with Crippen LogP contribution in [0.2, 0.25) is 0 Å². The highest BCUT2D eigenvalue weighted by Crippen LogP contribution is 2.26. The summed E-state index contributed by atoms with van der Waals surface area (Å²) >= 11 is 1.65. The normalized spacial score (nSPS) is 10.9. The van der Waals surface area contributed by atoms with E-state index in [1.165, 1.54) is 0 Å². The van der Waals surface area contributed by atoms with E-state index < -0.39 is 0 Å². The summed E-state index contributed by atoms with van der Waals surface area (Å²) in [6.45, 7) is 0. The molecule has 0 radical (unpaired) electrons. The van der Waals surface area contributed by atoms with E-state index in [0.717, 1.165) is 22.1 Å². The summed E-state index contributed by atoms with van der Waals surface area (Å²) in [5.41, 5.74) is 7.52. The maximum atomic E-state index is 5.84. The van der Waals surface area contributed by atoms with Gasteiger partial charge in [0.2, 0.25) is 5.78 Å². The molecule has 0 saturated heterocycles. The van der Waals surface area contributed by atoms with Crippen molar-refractivity contribution in [1.29, 1.82) is 0 Å². The molecule has 5 nitrogen and oxygen atoms in total. The number of nitrogens with zero attached hydrogens (tertiary/aromatic N) is 4. The largest absolute Gasteiger partial charge is 0.397 e. The zero-order valence-corrected chi connectivity index (χ0v) is 10.3. The summed E-state index contributed by atoms with van der Waals surface area (Å²) in [5.74, 6) is 1.48. The Labute approximate surface area is 108 Å². The minimum Gasteiger partial charge on any atom is -0.397 e. The van der Waals surface area contributed by atoms with E-state index in [4.69, 9.17) is 5.73 Å². The lowest BCUT2D eigenvalue weighted by molar-refractivity contribution is 1.11. The topological polar surface area (TPSA) is 69.1 Å². The second-order valence-electron chi connectivity index (χ2n) is 3.76. The Balaban J connectivity index is 1.79. The van der Waals surface area contributed by atoms with Gasteiger partial charge in [0.15, 0.2) is 0 Å². The fourth-order valence-corrected chi connectivity index (χ4v) is 2.44. The summed E-state index contributed by atoms with van der Waals surface area (Å²) in [5, 5.41) is 0. The van der Waals surface area contributed by atoms with Crippen molar-refractivity contribution in [3.8, 4) is 0 Å². The number of rotatable bonds is 3. The molecule has 0 amide bonds. The van der Waals surface area contributed by atoms with Gasteiger partial charge in [-0.15, -0.1) is 11.8 Å². The fourth-order valence-electron chi connectivity index (χ4n) is 1.63. The van der Waals surface area contributed by atoms with Crippen LogP contribution in [0.1, 0.15) is 5.69 Å². The average molecular weight is 257 g/mol. The van der Waals surface area contributed by atoms with Gasteiger partial charge in [-0.3, -0.25) is 9.38 Å². The van der Waals surface area contributed by atoms with Crippen molar-refractivity contribution in [3.63, 3.8) is 0 Å². The highest BCUT2D eigenvalue weighted by atomic mass is 32.2. The fraction of sp³-hybridized carbons (Fsp3) is 0.0833. The minimum atomic E-state index is 0.699. The molecule has 2 N–H and O–H groups in total. The van der Waals surface area contributed by atoms with Crippen LogP contribution in [0.4, 0.5) is 5.69 Å². The molecule has 0 bridgehead atoms. The molecular weight excluding hydrogens is 246 g/mol. The Kier molecular flexibility index (Phi) is 2.85. The predicted molar refractivity (Wildman–Crippen MR) is 71.2 cm³/mol. The van der Waals surface area contributed by atoms with E-state index in [-0.39, 0.29) is 0 Å². The lowest BCUT2D eigenvalue weighted by atomic mass is 10.4. The molecule has 3 heterocycles. The first kappa shape index (κ1) is 11.0. The molecule has 3 aromatic heterocycles. The van der Waals surface area contributed by atoms with Gasteiger partial charge in [0.1, 0.15) is 0 Å². The quantitative estimate of drug-likeness (QED) is 0.727. The zero-order chi connectivity index (χ0) is 12.4. The lowest BCUT2D eigenvalue weighted by Crippen LogP contribution is -1.89. The van der Waals surface area contributed by atoms with Crippen LogP contribution in [0.5, 0.6) is 0 Å². The molecule has 0 spiro atoms. The molecule has 0 fully saturated rings. The van der Waals surface area contributed by atoms with E-state index in [1.807, 2.05) is 28.9 Å². The van der Waals surface area contributed by atoms with Crippen molar-refractivity contribution in [1.82, 2.24) is 19.4 Å². The molecule has 0 atom stereocenters. The standard InChI is InChI=1S/C12H11N5S/c13-10-6-14-4-2-11(10)18-8-9-7-17-5-1-3-15-12(17)16-9/h1-7H,8,13H2. The summed E-state index contributed by atoms with van der Waals surface area (Å²) < 4.78 is 1.91. The van der Waals surface area contributed by atoms with Gasteiger partial charge in [-0.2, -0.15) is 0 Å². The van der Waals surface area contributed by atoms with Crippen LogP contribution in [-0.4, -0.2) is 19.4 Å². The number of hydrogen-bond donors (Lipinski definition) is 1. The van der Waals surface area contributed by atoms with Gasteiger partial charge in [-0.05, 0) is 12.1 Å². The summed E-state index contributed by atoms with van der Waals surface area (Å²) in [7, 11) is 0. The smallest absolute Gasteiger partial charge is 0.233 e. The van der Waals surface area contributed by atoms with E-state index in [2.05, 4.69) is 15.0 Å². The first-order valence-electron chi connectivity index (χ1n) is 5.44. The third-order valence-electron chi connectivity index (χ3n) is 2.47. The maximum Gasteiger partial charge on any atom is 0.233 e. The van der Waals surface area contributed by atoms with Crippen LogP contribution in [0.25, 0.3) is 5.78 Å². The maximum absolute atomic E-state index is 5.84. The Morgan fingerprint density at radius 2 is 2.28 bits per heavy atom. The van der Waals surface area contributed by atoms with Crippen molar-refractivity contribution in [3.05, 3.63) is 48.8 Å². The molecule has 3 aromatic rings. The van der Waals surface area contributed by atoms with Gasteiger partial charge in [-0.25, -0.2) is 9.97 Å². The van der Waals surface area contributed by atoms with Crippen molar-refractivity contribution in [2.75, 3.05) is 5.73 Å². The average Bonchev–Trinajstić information content (AvgIpc) is 2.80. The number of nitrogens with two attached hydrogens (primary N) is 1.